The van der Waals surface area contributed by atoms with Crippen molar-refractivity contribution in [1.29, 1.82) is 0 Å². The highest BCUT2D eigenvalue weighted by Crippen LogP contribution is 2.17. The number of aromatic nitrogens is 1. The van der Waals surface area contributed by atoms with E-state index in [0.717, 1.165) is 0 Å². The number of nitrogens with one attached hydrogen (secondary N) is 2. The molecule has 1 heterocycles. The molecule has 1 aromatic heterocycles. The van der Waals surface area contributed by atoms with Gasteiger partial charge in [0.2, 0.25) is 5.91 Å². The monoisotopic (exact) mass is 303 g/mol. The van der Waals surface area contributed by atoms with Gasteiger partial charge in [-0.25, -0.2) is 0 Å². The lowest BCUT2D eigenvalue weighted by molar-refractivity contribution is -0.117. The molecule has 7 heteroatoms. The Kier molecular flexibility index (Phi) is 4.77. The first-order chi connectivity index (χ1) is 10.5. The van der Waals surface area contributed by atoms with Crippen LogP contribution in [-0.2, 0) is 4.79 Å². The third kappa shape index (κ3) is 3.63. The lowest BCUT2D eigenvalue weighted by Crippen LogP contribution is -2.41. The Morgan fingerprint density at radius 1 is 1.32 bits per heavy atom. The molecule has 0 saturated heterocycles. The van der Waals surface area contributed by atoms with Crippen LogP contribution in [0.25, 0.3) is 0 Å². The Morgan fingerprint density at radius 3 is 2.68 bits per heavy atom. The molecule has 0 fully saturated rings. The predicted molar refractivity (Wildman–Crippen MR) is 79.8 cm³/mol. The molecule has 0 aliphatic rings. The van der Waals surface area contributed by atoms with E-state index in [4.69, 9.17) is 9.26 Å². The van der Waals surface area contributed by atoms with Gasteiger partial charge in [0, 0.05) is 6.07 Å². The molecule has 0 unspecified atom stereocenters. The van der Waals surface area contributed by atoms with Gasteiger partial charge in [-0.1, -0.05) is 17.3 Å². The molecule has 116 valence electrons. The molecule has 0 aliphatic carbocycles. The summed E-state index contributed by atoms with van der Waals surface area (Å²) in [6.07, 6.45) is 0. The van der Waals surface area contributed by atoms with Gasteiger partial charge in [0.15, 0.2) is 5.82 Å². The van der Waals surface area contributed by atoms with Crippen LogP contribution in [0.2, 0.25) is 0 Å². The third-order valence-electron chi connectivity index (χ3n) is 2.97. The maximum Gasteiger partial charge on any atom is 0.255 e. The Hall–Kier alpha value is -2.83. The Morgan fingerprint density at radius 2 is 2.05 bits per heavy atom. The second-order valence-corrected chi connectivity index (χ2v) is 4.71. The molecule has 2 amide bonds. The van der Waals surface area contributed by atoms with Crippen LogP contribution in [-0.4, -0.2) is 30.1 Å². The molecule has 0 radical (unpaired) electrons. The minimum absolute atomic E-state index is 0.306. The lowest BCUT2D eigenvalue weighted by atomic mass is 10.1. The highest BCUT2D eigenvalue weighted by atomic mass is 16.5. The van der Waals surface area contributed by atoms with Gasteiger partial charge in [0.05, 0.1) is 12.7 Å². The van der Waals surface area contributed by atoms with E-state index in [0.29, 0.717) is 22.9 Å². The SMILES string of the molecule is COc1ccccc1C(=O)N[C@H](C)C(=O)Nc1cc(C)on1. The van der Waals surface area contributed by atoms with E-state index in [-0.39, 0.29) is 0 Å². The molecule has 1 atom stereocenters. The normalized spacial score (nSPS) is 11.6. The van der Waals surface area contributed by atoms with Crippen molar-refractivity contribution >= 4 is 17.6 Å². The number of hydrogen-bond acceptors (Lipinski definition) is 5. The lowest BCUT2D eigenvalue weighted by Gasteiger charge is -2.14. The zero-order chi connectivity index (χ0) is 16.1. The number of methoxy groups -OCH3 is 1. The number of carbonyl (C=O) groups is 2. The van der Waals surface area contributed by atoms with E-state index < -0.39 is 17.9 Å². The van der Waals surface area contributed by atoms with Crippen molar-refractivity contribution in [2.24, 2.45) is 0 Å². The van der Waals surface area contributed by atoms with Crippen molar-refractivity contribution in [3.05, 3.63) is 41.7 Å². The molecule has 0 saturated carbocycles. The summed E-state index contributed by atoms with van der Waals surface area (Å²) in [5, 5.41) is 8.83. The predicted octanol–water partition coefficient (Wildman–Crippen LogP) is 1.75. The molecule has 2 rings (SSSR count). The Bertz CT molecular complexity index is 681. The van der Waals surface area contributed by atoms with Crippen LogP contribution in [0, 0.1) is 6.92 Å². The van der Waals surface area contributed by atoms with Gasteiger partial charge < -0.3 is 19.9 Å². The molecule has 22 heavy (non-hydrogen) atoms. The van der Waals surface area contributed by atoms with Gasteiger partial charge in [-0.3, -0.25) is 9.59 Å². The highest BCUT2D eigenvalue weighted by Gasteiger charge is 2.19. The smallest absolute Gasteiger partial charge is 0.255 e. The summed E-state index contributed by atoms with van der Waals surface area (Å²) in [5.41, 5.74) is 0.363. The zero-order valence-electron chi connectivity index (χ0n) is 12.5. The van der Waals surface area contributed by atoms with Gasteiger partial charge in [-0.15, -0.1) is 0 Å². The number of carbonyl (C=O) groups excluding carboxylic acids is 2. The molecular formula is C15H17N3O4. The van der Waals surface area contributed by atoms with Gasteiger partial charge in [0.1, 0.15) is 17.6 Å². The molecule has 7 nitrogen and oxygen atoms in total. The largest absolute Gasteiger partial charge is 0.496 e. The second-order valence-electron chi connectivity index (χ2n) is 4.71. The fourth-order valence-electron chi connectivity index (χ4n) is 1.83. The minimum Gasteiger partial charge on any atom is -0.496 e. The molecule has 0 bridgehead atoms. The minimum atomic E-state index is -0.741. The molecule has 2 aromatic rings. The quantitative estimate of drug-likeness (QED) is 0.877. The first-order valence-electron chi connectivity index (χ1n) is 6.69. The number of para-hydroxylation sites is 1. The van der Waals surface area contributed by atoms with Crippen LogP contribution in [0.15, 0.2) is 34.9 Å². The summed E-state index contributed by atoms with van der Waals surface area (Å²) in [7, 11) is 1.48. The van der Waals surface area contributed by atoms with E-state index in [1.54, 1.807) is 44.2 Å². The Labute approximate surface area is 127 Å². The number of amides is 2. The second kappa shape index (κ2) is 6.75. The van der Waals surface area contributed by atoms with Crippen molar-refractivity contribution in [2.75, 3.05) is 12.4 Å². The summed E-state index contributed by atoms with van der Waals surface area (Å²) in [6, 6.07) is 7.64. The Balaban J connectivity index is 2.00. The van der Waals surface area contributed by atoms with Gasteiger partial charge in [-0.05, 0) is 26.0 Å². The van der Waals surface area contributed by atoms with Crippen molar-refractivity contribution < 1.29 is 18.8 Å². The van der Waals surface area contributed by atoms with Gasteiger partial charge in [0.25, 0.3) is 5.91 Å². The summed E-state index contributed by atoms with van der Waals surface area (Å²) in [4.78, 5) is 24.2. The van der Waals surface area contributed by atoms with E-state index in [9.17, 15) is 9.59 Å². The number of hydrogen-bond donors (Lipinski definition) is 2. The van der Waals surface area contributed by atoms with Crippen molar-refractivity contribution in [3.8, 4) is 5.75 Å². The average molecular weight is 303 g/mol. The van der Waals surface area contributed by atoms with Gasteiger partial charge in [-0.2, -0.15) is 0 Å². The summed E-state index contributed by atoms with van der Waals surface area (Å²) in [6.45, 7) is 3.30. The number of aryl methyl sites for hydroxylation is 1. The fourth-order valence-corrected chi connectivity index (χ4v) is 1.83. The molecular weight excluding hydrogens is 286 g/mol. The summed E-state index contributed by atoms with van der Waals surface area (Å²) >= 11 is 0. The van der Waals surface area contributed by atoms with E-state index >= 15 is 0 Å². The van der Waals surface area contributed by atoms with Crippen LogP contribution in [0.1, 0.15) is 23.0 Å². The topological polar surface area (TPSA) is 93.5 Å². The van der Waals surface area contributed by atoms with Crippen LogP contribution in [0.5, 0.6) is 5.75 Å². The maximum atomic E-state index is 12.2. The summed E-state index contributed by atoms with van der Waals surface area (Å²) in [5.74, 6) is 0.551. The van der Waals surface area contributed by atoms with E-state index in [2.05, 4.69) is 15.8 Å². The van der Waals surface area contributed by atoms with Crippen LogP contribution >= 0.6 is 0 Å². The third-order valence-corrected chi connectivity index (χ3v) is 2.97. The standard InChI is InChI=1S/C15H17N3O4/c1-9-8-13(18-22-9)17-14(19)10(2)16-15(20)11-6-4-5-7-12(11)21-3/h4-8,10H,1-3H3,(H,16,20)(H,17,18,19)/t10-/m1/s1. The fraction of sp³-hybridized carbons (Fsp3) is 0.267. The van der Waals surface area contributed by atoms with Crippen molar-refractivity contribution in [2.45, 2.75) is 19.9 Å². The van der Waals surface area contributed by atoms with Crippen LogP contribution in [0.4, 0.5) is 5.82 Å². The van der Waals surface area contributed by atoms with Gasteiger partial charge >= 0.3 is 0 Å². The first-order valence-corrected chi connectivity index (χ1v) is 6.69. The average Bonchev–Trinajstić information content (AvgIpc) is 2.92. The number of nitrogens with zero attached hydrogens (tertiary/aromatic N) is 1. The zero-order valence-corrected chi connectivity index (χ0v) is 12.5. The molecule has 0 spiro atoms. The maximum absolute atomic E-state index is 12.2. The molecule has 1 aromatic carbocycles. The van der Waals surface area contributed by atoms with Crippen LogP contribution in [0.3, 0.4) is 0 Å². The number of ether oxygens (including phenoxy) is 1. The van der Waals surface area contributed by atoms with E-state index in [1.807, 2.05) is 0 Å². The number of rotatable bonds is 5. The summed E-state index contributed by atoms with van der Waals surface area (Å²) < 4.78 is 9.98. The first kappa shape index (κ1) is 15.6. The highest BCUT2D eigenvalue weighted by molar-refractivity contribution is 6.01. The van der Waals surface area contributed by atoms with Crippen LogP contribution < -0.4 is 15.4 Å². The number of benzene rings is 1. The number of anilines is 1. The molecule has 0 aliphatic heterocycles. The van der Waals surface area contributed by atoms with Crippen molar-refractivity contribution in [1.82, 2.24) is 10.5 Å². The van der Waals surface area contributed by atoms with Crippen molar-refractivity contribution in [3.63, 3.8) is 0 Å². The van der Waals surface area contributed by atoms with E-state index in [1.165, 1.54) is 7.11 Å². The molecule has 2 N–H and O–H groups in total.